The number of nitrogens with zero attached hydrogens (tertiary/aromatic N) is 1. The molecule has 1 aliphatic carbocycles. The van der Waals surface area contributed by atoms with E-state index in [9.17, 15) is 9.59 Å². The van der Waals surface area contributed by atoms with Gasteiger partial charge in [-0.2, -0.15) is 0 Å². The highest BCUT2D eigenvalue weighted by Crippen LogP contribution is 2.43. The molecule has 5 nitrogen and oxygen atoms in total. The van der Waals surface area contributed by atoms with E-state index in [1.807, 2.05) is 69.3 Å². The maximum atomic E-state index is 13.5. The Kier molecular flexibility index (Phi) is 6.03. The molecule has 0 aromatic heterocycles. The van der Waals surface area contributed by atoms with Gasteiger partial charge in [-0.25, -0.2) is 0 Å². The van der Waals surface area contributed by atoms with E-state index in [4.69, 9.17) is 9.73 Å². The Bertz CT molecular complexity index is 1080. The van der Waals surface area contributed by atoms with Crippen molar-refractivity contribution in [3.8, 4) is 5.75 Å². The molecule has 1 fully saturated rings. The molecule has 5 heteroatoms. The molecule has 1 amide bonds. The van der Waals surface area contributed by atoms with Crippen molar-refractivity contribution >= 4 is 23.1 Å². The molecule has 31 heavy (non-hydrogen) atoms. The fourth-order valence-electron chi connectivity index (χ4n) is 4.64. The summed E-state index contributed by atoms with van der Waals surface area (Å²) in [5, 5.41) is 3.05. The summed E-state index contributed by atoms with van der Waals surface area (Å²) in [6, 6.07) is 15.4. The molecule has 0 spiro atoms. The number of ether oxygens (including phenoxy) is 1. The quantitative estimate of drug-likeness (QED) is 0.727. The number of hydrogen-bond acceptors (Lipinski definition) is 4. The summed E-state index contributed by atoms with van der Waals surface area (Å²) in [6.07, 6.45) is 2.14. The number of aliphatic imine (C=N–C) groups is 1. The minimum atomic E-state index is -0.396. The van der Waals surface area contributed by atoms with Gasteiger partial charge in [-0.1, -0.05) is 30.3 Å². The van der Waals surface area contributed by atoms with Gasteiger partial charge < -0.3 is 10.1 Å². The first kappa shape index (κ1) is 21.0. The highest BCUT2D eigenvalue weighted by atomic mass is 16.5. The van der Waals surface area contributed by atoms with Gasteiger partial charge in [0.05, 0.1) is 12.5 Å². The monoisotopic (exact) mass is 416 g/mol. The number of carbonyl (C=O) groups is 2. The van der Waals surface area contributed by atoms with Crippen LogP contribution >= 0.6 is 0 Å². The summed E-state index contributed by atoms with van der Waals surface area (Å²) < 4.78 is 5.70. The maximum absolute atomic E-state index is 13.5. The first-order valence-corrected chi connectivity index (χ1v) is 10.9. The van der Waals surface area contributed by atoms with Crippen LogP contribution in [0.2, 0.25) is 0 Å². The molecule has 2 aromatic carbocycles. The number of rotatable bonds is 5. The van der Waals surface area contributed by atoms with E-state index < -0.39 is 5.92 Å². The van der Waals surface area contributed by atoms with E-state index in [-0.39, 0.29) is 17.6 Å². The lowest BCUT2D eigenvalue weighted by atomic mass is 9.69. The SMILES string of the molecule is CCOc1cccc([C@H]2C(C(=O)Nc3ccccc3C)=C(C)N=C3CCCC(=O)C32)c1. The number of anilines is 1. The summed E-state index contributed by atoms with van der Waals surface area (Å²) in [5.74, 6) is -0.0781. The second kappa shape index (κ2) is 8.88. The minimum Gasteiger partial charge on any atom is -0.494 e. The van der Waals surface area contributed by atoms with Gasteiger partial charge in [0.15, 0.2) is 0 Å². The van der Waals surface area contributed by atoms with Crippen molar-refractivity contribution in [2.24, 2.45) is 10.9 Å². The molecular formula is C26H28N2O3. The van der Waals surface area contributed by atoms with Crippen molar-refractivity contribution in [1.29, 1.82) is 0 Å². The number of Topliss-reactive ketones (excluding diaryl/α,β-unsaturated/α-hetero) is 1. The van der Waals surface area contributed by atoms with Crippen molar-refractivity contribution in [2.45, 2.75) is 46.0 Å². The van der Waals surface area contributed by atoms with Gasteiger partial charge in [-0.15, -0.1) is 0 Å². The summed E-state index contributed by atoms with van der Waals surface area (Å²) in [7, 11) is 0. The predicted octanol–water partition coefficient (Wildman–Crippen LogP) is 5.21. The van der Waals surface area contributed by atoms with Crippen LogP contribution in [0, 0.1) is 12.8 Å². The average molecular weight is 417 g/mol. The van der Waals surface area contributed by atoms with Gasteiger partial charge in [-0.05, 0) is 62.9 Å². The van der Waals surface area contributed by atoms with E-state index in [0.717, 1.165) is 41.1 Å². The van der Waals surface area contributed by atoms with Gasteiger partial charge in [0, 0.05) is 35.0 Å². The zero-order chi connectivity index (χ0) is 22.0. The standard InChI is InChI=1S/C26H28N2O3/c1-4-31-19-11-7-10-18(15-19)24-23(26(30)28-20-12-6-5-9-16(20)2)17(3)27-21-13-8-14-22(29)25(21)24/h5-7,9-12,15,24-25H,4,8,13-14H2,1-3H3,(H,28,30)/t24-,25?/m0/s1. The van der Waals surface area contributed by atoms with Gasteiger partial charge >= 0.3 is 0 Å². The molecule has 0 radical (unpaired) electrons. The van der Waals surface area contributed by atoms with Crippen LogP contribution in [0.5, 0.6) is 5.75 Å². The van der Waals surface area contributed by atoms with E-state index >= 15 is 0 Å². The molecule has 1 heterocycles. The number of hydrogen-bond donors (Lipinski definition) is 1. The third-order valence-corrected chi connectivity index (χ3v) is 6.07. The summed E-state index contributed by atoms with van der Waals surface area (Å²) >= 11 is 0. The Morgan fingerprint density at radius 1 is 1.10 bits per heavy atom. The van der Waals surface area contributed by atoms with Gasteiger partial charge in [0.1, 0.15) is 11.5 Å². The molecule has 1 unspecified atom stereocenters. The third-order valence-electron chi connectivity index (χ3n) is 6.07. The predicted molar refractivity (Wildman–Crippen MR) is 123 cm³/mol. The Balaban J connectivity index is 1.80. The number of carbonyl (C=O) groups excluding carboxylic acids is 2. The molecule has 0 bridgehead atoms. The van der Waals surface area contributed by atoms with E-state index in [1.165, 1.54) is 0 Å². The summed E-state index contributed by atoms with van der Waals surface area (Å²) in [5.41, 5.74) is 4.79. The lowest BCUT2D eigenvalue weighted by Crippen LogP contribution is -2.39. The zero-order valence-corrected chi connectivity index (χ0v) is 18.3. The van der Waals surface area contributed by atoms with Crippen LogP contribution in [0.3, 0.4) is 0 Å². The minimum absolute atomic E-state index is 0.158. The second-order valence-electron chi connectivity index (χ2n) is 8.15. The number of fused-ring (bicyclic) bond motifs is 1. The maximum Gasteiger partial charge on any atom is 0.254 e. The number of amides is 1. The number of nitrogens with one attached hydrogen (secondary N) is 1. The van der Waals surface area contributed by atoms with Crippen molar-refractivity contribution in [2.75, 3.05) is 11.9 Å². The lowest BCUT2D eigenvalue weighted by molar-refractivity contribution is -0.122. The average Bonchev–Trinajstić information content (AvgIpc) is 2.75. The molecule has 2 aromatic rings. The smallest absolute Gasteiger partial charge is 0.254 e. The highest BCUT2D eigenvalue weighted by molar-refractivity contribution is 6.14. The molecule has 1 N–H and O–H groups in total. The van der Waals surface area contributed by atoms with Crippen molar-refractivity contribution in [3.05, 3.63) is 70.9 Å². The Morgan fingerprint density at radius 3 is 2.68 bits per heavy atom. The van der Waals surface area contributed by atoms with E-state index in [1.54, 1.807) is 0 Å². The molecule has 2 atom stereocenters. The van der Waals surface area contributed by atoms with Crippen molar-refractivity contribution < 1.29 is 14.3 Å². The van der Waals surface area contributed by atoms with E-state index in [0.29, 0.717) is 24.3 Å². The van der Waals surface area contributed by atoms with Crippen LogP contribution in [-0.2, 0) is 9.59 Å². The summed E-state index contributed by atoms with van der Waals surface area (Å²) in [6.45, 7) is 6.32. The van der Waals surface area contributed by atoms with Gasteiger partial charge in [-0.3, -0.25) is 14.6 Å². The zero-order valence-electron chi connectivity index (χ0n) is 18.3. The molecular weight excluding hydrogens is 388 g/mol. The van der Waals surface area contributed by atoms with Crippen molar-refractivity contribution in [3.63, 3.8) is 0 Å². The molecule has 1 aliphatic heterocycles. The number of ketones is 1. The van der Waals surface area contributed by atoms with Crippen molar-refractivity contribution in [1.82, 2.24) is 0 Å². The molecule has 160 valence electrons. The fourth-order valence-corrected chi connectivity index (χ4v) is 4.64. The number of benzene rings is 2. The van der Waals surface area contributed by atoms with E-state index in [2.05, 4.69) is 5.32 Å². The Hall–Kier alpha value is -3.21. The highest BCUT2D eigenvalue weighted by Gasteiger charge is 2.43. The molecule has 4 rings (SSSR count). The number of allylic oxidation sites excluding steroid dienone is 1. The van der Waals surface area contributed by atoms with Crippen LogP contribution in [0.4, 0.5) is 5.69 Å². The number of aryl methyl sites for hydroxylation is 1. The van der Waals surface area contributed by atoms with Crippen LogP contribution < -0.4 is 10.1 Å². The van der Waals surface area contributed by atoms with Crippen LogP contribution in [-0.4, -0.2) is 24.0 Å². The fraction of sp³-hybridized carbons (Fsp3) is 0.346. The van der Waals surface area contributed by atoms with Gasteiger partial charge in [0.25, 0.3) is 5.91 Å². The summed E-state index contributed by atoms with van der Waals surface area (Å²) in [4.78, 5) is 31.3. The third kappa shape index (κ3) is 4.18. The normalized spacial score (nSPS) is 20.7. The lowest BCUT2D eigenvalue weighted by Gasteiger charge is -2.36. The first-order valence-electron chi connectivity index (χ1n) is 10.9. The molecule has 1 saturated carbocycles. The van der Waals surface area contributed by atoms with Crippen LogP contribution in [0.1, 0.15) is 50.2 Å². The second-order valence-corrected chi connectivity index (χ2v) is 8.15. The first-order chi connectivity index (χ1) is 15.0. The molecule has 2 aliphatic rings. The molecule has 0 saturated heterocycles. The van der Waals surface area contributed by atoms with Crippen LogP contribution in [0.25, 0.3) is 0 Å². The largest absolute Gasteiger partial charge is 0.494 e. The Labute approximate surface area is 183 Å². The van der Waals surface area contributed by atoms with Crippen LogP contribution in [0.15, 0.2) is 64.8 Å². The Morgan fingerprint density at radius 2 is 1.90 bits per heavy atom. The topological polar surface area (TPSA) is 67.8 Å². The van der Waals surface area contributed by atoms with Gasteiger partial charge in [0.2, 0.25) is 0 Å². The number of para-hydroxylation sites is 1.